The third-order valence-electron chi connectivity index (χ3n) is 5.13. The number of carbonyl (C=O) groups is 2. The molecular formula is C22H24N4O2. The van der Waals surface area contributed by atoms with Gasteiger partial charge in [-0.1, -0.05) is 30.3 Å². The van der Waals surface area contributed by atoms with Crippen molar-refractivity contribution in [1.82, 2.24) is 15.6 Å². The molecule has 3 N–H and O–H groups in total. The van der Waals surface area contributed by atoms with Crippen molar-refractivity contribution in [3.8, 4) is 0 Å². The standard InChI is InChI=1S/C22H24N4O2/c1-15(16-7-4-8-19(13-16)26-11-5-10-21(26)27)24-22(28)23-14-18-12-17-6-2-3-9-20(17)25-18/h2-4,6-9,12-13,15,25H,5,10-11,14H2,1H3,(H2,23,24,28). The van der Waals surface area contributed by atoms with Gasteiger partial charge < -0.3 is 20.5 Å². The second-order valence-electron chi connectivity index (χ2n) is 7.17. The molecule has 3 aromatic rings. The van der Waals surface area contributed by atoms with Crippen molar-refractivity contribution in [3.63, 3.8) is 0 Å². The van der Waals surface area contributed by atoms with Gasteiger partial charge in [0.05, 0.1) is 12.6 Å². The molecule has 144 valence electrons. The summed E-state index contributed by atoms with van der Waals surface area (Å²) in [7, 11) is 0. The predicted molar refractivity (Wildman–Crippen MR) is 110 cm³/mol. The third-order valence-corrected chi connectivity index (χ3v) is 5.13. The summed E-state index contributed by atoms with van der Waals surface area (Å²) in [6, 6.07) is 17.5. The van der Waals surface area contributed by atoms with E-state index in [0.717, 1.165) is 40.8 Å². The van der Waals surface area contributed by atoms with E-state index in [1.165, 1.54) is 0 Å². The molecule has 28 heavy (non-hydrogen) atoms. The van der Waals surface area contributed by atoms with Crippen molar-refractivity contribution in [1.29, 1.82) is 0 Å². The molecule has 0 spiro atoms. The van der Waals surface area contributed by atoms with Gasteiger partial charge in [0.25, 0.3) is 0 Å². The van der Waals surface area contributed by atoms with Crippen molar-refractivity contribution in [2.24, 2.45) is 0 Å². The summed E-state index contributed by atoms with van der Waals surface area (Å²) in [5.41, 5.74) is 3.88. The Morgan fingerprint density at radius 3 is 2.82 bits per heavy atom. The number of amides is 3. The maximum absolute atomic E-state index is 12.3. The van der Waals surface area contributed by atoms with Gasteiger partial charge in [0, 0.05) is 29.9 Å². The maximum Gasteiger partial charge on any atom is 0.315 e. The molecule has 0 radical (unpaired) electrons. The number of fused-ring (bicyclic) bond motifs is 1. The van der Waals surface area contributed by atoms with Gasteiger partial charge in [-0.2, -0.15) is 0 Å². The minimum atomic E-state index is -0.228. The molecule has 6 heteroatoms. The average molecular weight is 376 g/mol. The van der Waals surface area contributed by atoms with Gasteiger partial charge in [-0.25, -0.2) is 4.79 Å². The normalized spacial score (nSPS) is 15.0. The Morgan fingerprint density at radius 1 is 1.18 bits per heavy atom. The Bertz CT molecular complexity index is 977. The minimum absolute atomic E-state index is 0.161. The fourth-order valence-electron chi connectivity index (χ4n) is 3.62. The SMILES string of the molecule is CC(NC(=O)NCc1cc2ccccc2[nH]1)c1cccc(N2CCCC2=O)c1. The molecule has 2 heterocycles. The number of rotatable bonds is 5. The van der Waals surface area contributed by atoms with Crippen LogP contribution in [-0.2, 0) is 11.3 Å². The first-order valence-electron chi connectivity index (χ1n) is 9.61. The van der Waals surface area contributed by atoms with Crippen LogP contribution in [0.4, 0.5) is 10.5 Å². The fraction of sp³-hybridized carbons (Fsp3) is 0.273. The molecule has 3 amide bonds. The number of anilines is 1. The first kappa shape index (κ1) is 18.1. The number of para-hydroxylation sites is 1. The van der Waals surface area contributed by atoms with E-state index in [1.807, 2.05) is 66.4 Å². The van der Waals surface area contributed by atoms with Gasteiger partial charge in [-0.15, -0.1) is 0 Å². The molecule has 2 aromatic carbocycles. The molecular weight excluding hydrogens is 352 g/mol. The average Bonchev–Trinajstić information content (AvgIpc) is 3.32. The van der Waals surface area contributed by atoms with Gasteiger partial charge in [0.1, 0.15) is 0 Å². The lowest BCUT2D eigenvalue weighted by molar-refractivity contribution is -0.117. The number of nitrogens with zero attached hydrogens (tertiary/aromatic N) is 1. The molecule has 0 saturated carbocycles. The Morgan fingerprint density at radius 2 is 2.04 bits per heavy atom. The topological polar surface area (TPSA) is 77.2 Å². The van der Waals surface area contributed by atoms with Crippen molar-refractivity contribution in [2.45, 2.75) is 32.4 Å². The zero-order valence-electron chi connectivity index (χ0n) is 15.9. The number of nitrogens with one attached hydrogen (secondary N) is 3. The largest absolute Gasteiger partial charge is 0.357 e. The zero-order valence-corrected chi connectivity index (χ0v) is 15.9. The molecule has 1 atom stereocenters. The molecule has 0 aliphatic carbocycles. The van der Waals surface area contributed by atoms with Gasteiger partial charge in [-0.3, -0.25) is 4.79 Å². The predicted octanol–water partition coefficient (Wildman–Crippen LogP) is 3.86. The second kappa shape index (κ2) is 7.76. The van der Waals surface area contributed by atoms with Gasteiger partial charge in [0.2, 0.25) is 5.91 Å². The number of benzene rings is 2. The summed E-state index contributed by atoms with van der Waals surface area (Å²) in [6.45, 7) is 3.12. The van der Waals surface area contributed by atoms with Crippen LogP contribution < -0.4 is 15.5 Å². The van der Waals surface area contributed by atoms with Crippen LogP contribution in [0.5, 0.6) is 0 Å². The van der Waals surface area contributed by atoms with Crippen LogP contribution in [0.1, 0.15) is 37.1 Å². The van der Waals surface area contributed by atoms with Gasteiger partial charge in [-0.05, 0) is 48.6 Å². The Balaban J connectivity index is 1.35. The monoisotopic (exact) mass is 376 g/mol. The number of urea groups is 1. The first-order valence-corrected chi connectivity index (χ1v) is 9.61. The number of hydrogen-bond donors (Lipinski definition) is 3. The van der Waals surface area contributed by atoms with E-state index in [4.69, 9.17) is 0 Å². The van der Waals surface area contributed by atoms with Crippen molar-refractivity contribution in [3.05, 3.63) is 65.9 Å². The number of carbonyl (C=O) groups excluding carboxylic acids is 2. The molecule has 1 aliphatic heterocycles. The van der Waals surface area contributed by atoms with Crippen molar-refractivity contribution < 1.29 is 9.59 Å². The quantitative estimate of drug-likeness (QED) is 0.632. The lowest BCUT2D eigenvalue weighted by atomic mass is 10.1. The number of aromatic nitrogens is 1. The number of H-pyrrole nitrogens is 1. The van der Waals surface area contributed by atoms with E-state index >= 15 is 0 Å². The summed E-state index contributed by atoms with van der Waals surface area (Å²) < 4.78 is 0. The van der Waals surface area contributed by atoms with E-state index in [2.05, 4.69) is 15.6 Å². The van der Waals surface area contributed by atoms with E-state index in [1.54, 1.807) is 0 Å². The molecule has 1 fully saturated rings. The summed E-state index contributed by atoms with van der Waals surface area (Å²) in [5.74, 6) is 0.161. The third kappa shape index (κ3) is 3.86. The maximum atomic E-state index is 12.3. The Kier molecular flexibility index (Phi) is 5.02. The smallest absolute Gasteiger partial charge is 0.315 e. The van der Waals surface area contributed by atoms with Crippen LogP contribution in [0.3, 0.4) is 0 Å². The van der Waals surface area contributed by atoms with Crippen LogP contribution in [0, 0.1) is 0 Å². The zero-order chi connectivity index (χ0) is 19.5. The fourth-order valence-corrected chi connectivity index (χ4v) is 3.62. The van der Waals surface area contributed by atoms with Crippen molar-refractivity contribution in [2.75, 3.05) is 11.4 Å². The van der Waals surface area contributed by atoms with Crippen LogP contribution in [0.25, 0.3) is 10.9 Å². The minimum Gasteiger partial charge on any atom is -0.357 e. The molecule has 1 aliphatic rings. The van der Waals surface area contributed by atoms with Crippen molar-refractivity contribution >= 4 is 28.5 Å². The molecule has 4 rings (SSSR count). The highest BCUT2D eigenvalue weighted by Crippen LogP contribution is 2.24. The first-order chi connectivity index (χ1) is 13.6. The van der Waals surface area contributed by atoms with Crippen LogP contribution in [0.15, 0.2) is 54.6 Å². The number of hydrogen-bond acceptors (Lipinski definition) is 2. The molecule has 1 aromatic heterocycles. The summed E-state index contributed by atoms with van der Waals surface area (Å²) in [6.07, 6.45) is 1.50. The number of aromatic amines is 1. The van der Waals surface area contributed by atoms with Gasteiger partial charge in [0.15, 0.2) is 0 Å². The Hall–Kier alpha value is -3.28. The Labute approximate surface area is 163 Å². The highest BCUT2D eigenvalue weighted by molar-refractivity contribution is 5.95. The van der Waals surface area contributed by atoms with Crippen LogP contribution >= 0.6 is 0 Å². The molecule has 1 unspecified atom stereocenters. The highest BCUT2D eigenvalue weighted by Gasteiger charge is 2.22. The summed E-state index contributed by atoms with van der Waals surface area (Å²) in [4.78, 5) is 29.4. The summed E-state index contributed by atoms with van der Waals surface area (Å²) in [5, 5.41) is 6.98. The van der Waals surface area contributed by atoms with E-state index in [9.17, 15) is 9.59 Å². The second-order valence-corrected chi connectivity index (χ2v) is 7.17. The van der Waals surface area contributed by atoms with E-state index < -0.39 is 0 Å². The van der Waals surface area contributed by atoms with Gasteiger partial charge >= 0.3 is 6.03 Å². The summed E-state index contributed by atoms with van der Waals surface area (Å²) >= 11 is 0. The van der Waals surface area contributed by atoms with Crippen LogP contribution in [0.2, 0.25) is 0 Å². The van der Waals surface area contributed by atoms with Crippen LogP contribution in [-0.4, -0.2) is 23.5 Å². The van der Waals surface area contributed by atoms with E-state index in [0.29, 0.717) is 13.0 Å². The highest BCUT2D eigenvalue weighted by atomic mass is 16.2. The lowest BCUT2D eigenvalue weighted by Gasteiger charge is -2.19. The molecule has 6 nitrogen and oxygen atoms in total. The molecule has 1 saturated heterocycles. The lowest BCUT2D eigenvalue weighted by Crippen LogP contribution is -2.36. The molecule has 0 bridgehead atoms. The van der Waals surface area contributed by atoms with E-state index in [-0.39, 0.29) is 18.0 Å².